The molecule has 23 heavy (non-hydrogen) atoms. The summed E-state index contributed by atoms with van der Waals surface area (Å²) in [5.74, 6) is -0.495. The molecule has 1 unspecified atom stereocenters. The monoisotopic (exact) mass is 337 g/mol. The quantitative estimate of drug-likeness (QED) is 0.829. The number of ether oxygens (including phenoxy) is 1. The molecule has 0 aliphatic carbocycles. The molecule has 2 aromatic rings. The third kappa shape index (κ3) is 3.83. The fourth-order valence-corrected chi connectivity index (χ4v) is 4.06. The Bertz CT molecular complexity index is 771. The highest BCUT2D eigenvalue weighted by Crippen LogP contribution is 2.21. The zero-order valence-corrected chi connectivity index (χ0v) is 13.1. The van der Waals surface area contributed by atoms with E-state index in [0.29, 0.717) is 18.8 Å². The second-order valence-corrected chi connectivity index (χ2v) is 7.26. The topological polar surface area (TPSA) is 72.4 Å². The predicted octanol–water partition coefficient (Wildman–Crippen LogP) is 1.60. The van der Waals surface area contributed by atoms with Crippen LogP contribution in [0.2, 0.25) is 0 Å². The first-order chi connectivity index (χ1) is 11.0. The van der Waals surface area contributed by atoms with Gasteiger partial charge in [-0.25, -0.2) is 12.8 Å². The molecule has 1 aromatic heterocycles. The Hall–Kier alpha value is -2.06. The van der Waals surface area contributed by atoms with Crippen LogP contribution in [0.3, 0.4) is 0 Å². The van der Waals surface area contributed by atoms with Crippen molar-refractivity contribution in [1.82, 2.24) is 14.5 Å². The first-order valence-electron chi connectivity index (χ1n) is 7.20. The SMILES string of the molecule is O=S(=O)(Cc1ccccc1F)N1CCC(Oc2cccnn2)C1. The van der Waals surface area contributed by atoms with Gasteiger partial charge < -0.3 is 4.74 Å². The third-order valence-electron chi connectivity index (χ3n) is 3.63. The number of sulfonamides is 1. The number of hydrogen-bond donors (Lipinski definition) is 0. The maximum Gasteiger partial charge on any atom is 0.233 e. The second-order valence-electron chi connectivity index (χ2n) is 5.30. The Labute approximate surface area is 134 Å². The minimum Gasteiger partial charge on any atom is -0.472 e. The van der Waals surface area contributed by atoms with Gasteiger partial charge in [0.1, 0.15) is 11.9 Å². The van der Waals surface area contributed by atoms with Crippen LogP contribution in [0, 0.1) is 5.82 Å². The van der Waals surface area contributed by atoms with Gasteiger partial charge in [-0.05, 0) is 18.6 Å². The molecule has 0 radical (unpaired) electrons. The van der Waals surface area contributed by atoms with Crippen LogP contribution in [0.25, 0.3) is 0 Å². The van der Waals surface area contributed by atoms with Gasteiger partial charge in [0.15, 0.2) is 0 Å². The summed E-state index contributed by atoms with van der Waals surface area (Å²) in [6.45, 7) is 0.578. The summed E-state index contributed by atoms with van der Waals surface area (Å²) in [5, 5.41) is 7.53. The van der Waals surface area contributed by atoms with Gasteiger partial charge in [-0.2, -0.15) is 9.40 Å². The van der Waals surface area contributed by atoms with Crippen LogP contribution < -0.4 is 4.74 Å². The smallest absolute Gasteiger partial charge is 0.233 e. The molecule has 6 nitrogen and oxygen atoms in total. The largest absolute Gasteiger partial charge is 0.472 e. The van der Waals surface area contributed by atoms with Gasteiger partial charge in [0.2, 0.25) is 15.9 Å². The second kappa shape index (κ2) is 6.59. The summed E-state index contributed by atoms with van der Waals surface area (Å²) in [6, 6.07) is 9.27. The van der Waals surface area contributed by atoms with E-state index in [-0.39, 0.29) is 24.0 Å². The van der Waals surface area contributed by atoms with Crippen LogP contribution in [-0.2, 0) is 15.8 Å². The summed E-state index contributed by atoms with van der Waals surface area (Å²) in [5.41, 5.74) is 0.172. The third-order valence-corrected chi connectivity index (χ3v) is 5.43. The molecule has 1 fully saturated rings. The number of aromatic nitrogens is 2. The molecule has 1 atom stereocenters. The highest BCUT2D eigenvalue weighted by Gasteiger charge is 2.33. The molecule has 122 valence electrons. The molecule has 0 saturated carbocycles. The lowest BCUT2D eigenvalue weighted by Crippen LogP contribution is -2.32. The zero-order valence-electron chi connectivity index (χ0n) is 12.3. The van der Waals surface area contributed by atoms with E-state index in [0.717, 1.165) is 0 Å². The van der Waals surface area contributed by atoms with E-state index in [1.165, 1.54) is 28.7 Å². The first kappa shape index (κ1) is 15.8. The molecule has 0 amide bonds. The van der Waals surface area contributed by atoms with Crippen molar-refractivity contribution in [3.8, 4) is 5.88 Å². The number of hydrogen-bond acceptors (Lipinski definition) is 5. The molecule has 3 rings (SSSR count). The fourth-order valence-electron chi connectivity index (χ4n) is 2.47. The number of rotatable bonds is 5. The lowest BCUT2D eigenvalue weighted by Gasteiger charge is -2.17. The van der Waals surface area contributed by atoms with Crippen LogP contribution in [0.1, 0.15) is 12.0 Å². The number of halogens is 1. The highest BCUT2D eigenvalue weighted by atomic mass is 32.2. The molecular weight excluding hydrogens is 321 g/mol. The number of nitrogens with zero attached hydrogens (tertiary/aromatic N) is 3. The molecule has 1 saturated heterocycles. The van der Waals surface area contributed by atoms with Crippen LogP contribution in [-0.4, -0.2) is 42.1 Å². The Balaban J connectivity index is 1.65. The van der Waals surface area contributed by atoms with Gasteiger partial charge in [0.05, 0.1) is 12.3 Å². The van der Waals surface area contributed by atoms with Crippen molar-refractivity contribution in [2.75, 3.05) is 13.1 Å². The molecule has 8 heteroatoms. The van der Waals surface area contributed by atoms with E-state index in [4.69, 9.17) is 4.74 Å². The van der Waals surface area contributed by atoms with Crippen molar-refractivity contribution >= 4 is 10.0 Å². The first-order valence-corrected chi connectivity index (χ1v) is 8.81. The summed E-state index contributed by atoms with van der Waals surface area (Å²) in [7, 11) is -3.58. The van der Waals surface area contributed by atoms with Gasteiger partial charge in [0.25, 0.3) is 0 Å². The summed E-state index contributed by atoms with van der Waals surface area (Å²) < 4.78 is 45.5. The van der Waals surface area contributed by atoms with E-state index in [1.807, 2.05) is 0 Å². The molecule has 1 aliphatic heterocycles. The van der Waals surface area contributed by atoms with Gasteiger partial charge >= 0.3 is 0 Å². The van der Waals surface area contributed by atoms with Crippen LogP contribution in [0.15, 0.2) is 42.6 Å². The van der Waals surface area contributed by atoms with E-state index in [2.05, 4.69) is 10.2 Å². The molecule has 2 heterocycles. The van der Waals surface area contributed by atoms with Gasteiger partial charge in [-0.3, -0.25) is 0 Å². The van der Waals surface area contributed by atoms with E-state index in [9.17, 15) is 12.8 Å². The maximum absolute atomic E-state index is 13.6. The van der Waals surface area contributed by atoms with Crippen LogP contribution >= 0.6 is 0 Å². The van der Waals surface area contributed by atoms with E-state index < -0.39 is 15.8 Å². The Kier molecular flexibility index (Phi) is 4.53. The minimum atomic E-state index is -3.58. The van der Waals surface area contributed by atoms with Crippen LogP contribution in [0.4, 0.5) is 4.39 Å². The van der Waals surface area contributed by atoms with E-state index >= 15 is 0 Å². The molecular formula is C15H16FN3O3S. The normalized spacial score (nSPS) is 18.9. The van der Waals surface area contributed by atoms with Crippen molar-refractivity contribution in [1.29, 1.82) is 0 Å². The highest BCUT2D eigenvalue weighted by molar-refractivity contribution is 7.88. The predicted molar refractivity (Wildman–Crippen MR) is 81.7 cm³/mol. The summed E-state index contributed by atoms with van der Waals surface area (Å²) in [4.78, 5) is 0. The number of benzene rings is 1. The van der Waals surface area contributed by atoms with E-state index in [1.54, 1.807) is 18.2 Å². The molecule has 0 spiro atoms. The van der Waals surface area contributed by atoms with Crippen molar-refractivity contribution in [3.63, 3.8) is 0 Å². The Morgan fingerprint density at radius 1 is 1.26 bits per heavy atom. The average molecular weight is 337 g/mol. The maximum atomic E-state index is 13.6. The van der Waals surface area contributed by atoms with Gasteiger partial charge in [-0.1, -0.05) is 18.2 Å². The van der Waals surface area contributed by atoms with Crippen molar-refractivity contribution < 1.29 is 17.5 Å². The lowest BCUT2D eigenvalue weighted by atomic mass is 10.2. The lowest BCUT2D eigenvalue weighted by molar-refractivity contribution is 0.204. The Morgan fingerprint density at radius 2 is 2.09 bits per heavy atom. The zero-order chi connectivity index (χ0) is 16.3. The fraction of sp³-hybridized carbons (Fsp3) is 0.333. The summed E-state index contributed by atoms with van der Waals surface area (Å²) in [6.07, 6.45) is 1.82. The summed E-state index contributed by atoms with van der Waals surface area (Å²) >= 11 is 0. The molecule has 1 aromatic carbocycles. The van der Waals surface area contributed by atoms with Crippen LogP contribution in [0.5, 0.6) is 5.88 Å². The van der Waals surface area contributed by atoms with Crippen molar-refractivity contribution in [2.45, 2.75) is 18.3 Å². The van der Waals surface area contributed by atoms with Crippen molar-refractivity contribution in [3.05, 3.63) is 54.0 Å². The average Bonchev–Trinajstić information content (AvgIpc) is 3.00. The van der Waals surface area contributed by atoms with Crippen molar-refractivity contribution in [2.24, 2.45) is 0 Å². The molecule has 0 bridgehead atoms. The van der Waals surface area contributed by atoms with Gasteiger partial charge in [0, 0.05) is 24.4 Å². The van der Waals surface area contributed by atoms with Gasteiger partial charge in [-0.15, -0.1) is 5.10 Å². The minimum absolute atomic E-state index is 0.172. The molecule has 1 aliphatic rings. The Morgan fingerprint density at radius 3 is 2.83 bits per heavy atom. The molecule has 0 N–H and O–H groups in total. The standard InChI is InChI=1S/C15H16FN3O3S/c16-14-5-2-1-4-12(14)11-23(20,21)19-9-7-13(10-19)22-15-6-3-8-17-18-15/h1-6,8,13H,7,9-11H2.